The summed E-state index contributed by atoms with van der Waals surface area (Å²) < 4.78 is 5.49. The number of nitrogens with zero attached hydrogens (tertiary/aromatic N) is 4. The maximum Gasteiger partial charge on any atom is 0.270 e. The highest BCUT2D eigenvalue weighted by molar-refractivity contribution is 5.94. The Morgan fingerprint density at radius 2 is 2.12 bits per heavy atom. The standard InChI is InChI=1S/C17H23N5O2/c1-10-8-11(2)18-14(10)17(23)22-7-6-21(3)13(9-22)16-19-15(20-24-16)12-4-5-12/h8,12-13,18H,4-7,9H2,1-3H3/t13-/m0/s1. The van der Waals surface area contributed by atoms with Crippen LogP contribution < -0.4 is 0 Å². The monoisotopic (exact) mass is 329 g/mol. The van der Waals surface area contributed by atoms with Gasteiger partial charge in [0.1, 0.15) is 11.7 Å². The highest BCUT2D eigenvalue weighted by Crippen LogP contribution is 2.38. The van der Waals surface area contributed by atoms with E-state index in [-0.39, 0.29) is 11.9 Å². The molecule has 3 heterocycles. The number of likely N-dealkylation sites (N-methyl/N-ethyl adjacent to an activating group) is 1. The van der Waals surface area contributed by atoms with E-state index in [4.69, 9.17) is 4.52 Å². The zero-order valence-corrected chi connectivity index (χ0v) is 14.4. The van der Waals surface area contributed by atoms with Crippen molar-refractivity contribution < 1.29 is 9.32 Å². The molecule has 0 radical (unpaired) electrons. The number of rotatable bonds is 3. The van der Waals surface area contributed by atoms with E-state index in [0.717, 1.165) is 36.5 Å². The van der Waals surface area contributed by atoms with Crippen LogP contribution in [0.3, 0.4) is 0 Å². The van der Waals surface area contributed by atoms with Gasteiger partial charge in [-0.1, -0.05) is 5.16 Å². The molecule has 0 aromatic carbocycles. The number of piperazine rings is 1. The lowest BCUT2D eigenvalue weighted by molar-refractivity contribution is 0.0483. The van der Waals surface area contributed by atoms with Gasteiger partial charge in [0.2, 0.25) is 5.89 Å². The number of H-pyrrole nitrogens is 1. The topological polar surface area (TPSA) is 78.3 Å². The molecule has 128 valence electrons. The first-order valence-corrected chi connectivity index (χ1v) is 8.52. The van der Waals surface area contributed by atoms with Crippen LogP contribution in [0.1, 0.15) is 58.3 Å². The molecule has 7 heteroatoms. The number of aromatic nitrogens is 3. The summed E-state index contributed by atoms with van der Waals surface area (Å²) in [6, 6.07) is 1.96. The molecule has 1 aliphatic carbocycles. The molecule has 1 N–H and O–H groups in total. The molecule has 1 saturated carbocycles. The van der Waals surface area contributed by atoms with E-state index in [9.17, 15) is 4.79 Å². The van der Waals surface area contributed by atoms with Crippen LogP contribution >= 0.6 is 0 Å². The summed E-state index contributed by atoms with van der Waals surface area (Å²) in [5, 5.41) is 4.11. The fourth-order valence-electron chi connectivity index (χ4n) is 3.32. The molecule has 7 nitrogen and oxygen atoms in total. The van der Waals surface area contributed by atoms with Gasteiger partial charge in [0.05, 0.1) is 0 Å². The Morgan fingerprint density at radius 3 is 2.79 bits per heavy atom. The quantitative estimate of drug-likeness (QED) is 0.932. The minimum atomic E-state index is -0.0425. The molecular weight excluding hydrogens is 306 g/mol. The molecule has 4 rings (SSSR count). The van der Waals surface area contributed by atoms with E-state index in [0.29, 0.717) is 30.6 Å². The molecule has 0 unspecified atom stereocenters. The van der Waals surface area contributed by atoms with Crippen molar-refractivity contribution in [1.82, 2.24) is 24.9 Å². The Morgan fingerprint density at radius 1 is 1.33 bits per heavy atom. The van der Waals surface area contributed by atoms with Crippen molar-refractivity contribution in [3.8, 4) is 0 Å². The number of hydrogen-bond donors (Lipinski definition) is 1. The normalized spacial score (nSPS) is 22.1. The van der Waals surface area contributed by atoms with Gasteiger partial charge >= 0.3 is 0 Å². The van der Waals surface area contributed by atoms with Crippen molar-refractivity contribution in [1.29, 1.82) is 0 Å². The summed E-state index contributed by atoms with van der Waals surface area (Å²) >= 11 is 0. The van der Waals surface area contributed by atoms with Gasteiger partial charge in [-0.05, 0) is 45.4 Å². The Bertz CT molecular complexity index is 761. The molecule has 24 heavy (non-hydrogen) atoms. The zero-order valence-electron chi connectivity index (χ0n) is 14.4. The summed E-state index contributed by atoms with van der Waals surface area (Å²) in [6.07, 6.45) is 2.30. The van der Waals surface area contributed by atoms with Crippen molar-refractivity contribution in [2.75, 3.05) is 26.7 Å². The predicted molar refractivity (Wildman–Crippen MR) is 87.8 cm³/mol. The second-order valence-corrected chi connectivity index (χ2v) is 7.02. The fourth-order valence-corrected chi connectivity index (χ4v) is 3.32. The van der Waals surface area contributed by atoms with Gasteiger partial charge in [0.15, 0.2) is 5.82 Å². The number of nitrogens with one attached hydrogen (secondary N) is 1. The summed E-state index contributed by atoms with van der Waals surface area (Å²) in [5.41, 5.74) is 2.68. The van der Waals surface area contributed by atoms with Crippen molar-refractivity contribution in [3.05, 3.63) is 34.7 Å². The molecule has 0 bridgehead atoms. The van der Waals surface area contributed by atoms with E-state index in [2.05, 4.69) is 20.0 Å². The Labute approximate surface area is 141 Å². The maximum atomic E-state index is 12.9. The second-order valence-electron chi connectivity index (χ2n) is 7.02. The third kappa shape index (κ3) is 2.73. The highest BCUT2D eigenvalue weighted by atomic mass is 16.5. The van der Waals surface area contributed by atoms with Gasteiger partial charge < -0.3 is 14.4 Å². The van der Waals surface area contributed by atoms with Gasteiger partial charge in [0, 0.05) is 31.2 Å². The minimum absolute atomic E-state index is 0.0423. The van der Waals surface area contributed by atoms with Crippen LogP contribution in [-0.2, 0) is 0 Å². The van der Waals surface area contributed by atoms with Gasteiger partial charge in [-0.25, -0.2) is 0 Å². The average molecular weight is 329 g/mol. The van der Waals surface area contributed by atoms with E-state index in [1.54, 1.807) is 0 Å². The smallest absolute Gasteiger partial charge is 0.270 e. The number of amides is 1. The zero-order chi connectivity index (χ0) is 16.8. The van der Waals surface area contributed by atoms with Crippen LogP contribution in [0.15, 0.2) is 10.6 Å². The van der Waals surface area contributed by atoms with Crippen LogP contribution in [0.2, 0.25) is 0 Å². The van der Waals surface area contributed by atoms with Crippen molar-refractivity contribution in [2.24, 2.45) is 0 Å². The van der Waals surface area contributed by atoms with Crippen molar-refractivity contribution in [3.63, 3.8) is 0 Å². The first-order chi connectivity index (χ1) is 11.5. The Kier molecular flexibility index (Phi) is 3.68. The first-order valence-electron chi connectivity index (χ1n) is 8.52. The molecule has 1 aliphatic heterocycles. The van der Waals surface area contributed by atoms with Gasteiger partial charge in [0.25, 0.3) is 5.91 Å². The largest absolute Gasteiger partial charge is 0.354 e. The lowest BCUT2D eigenvalue weighted by atomic mass is 10.1. The van der Waals surface area contributed by atoms with Gasteiger partial charge in [-0.2, -0.15) is 4.98 Å². The molecule has 1 atom stereocenters. The second kappa shape index (κ2) is 5.73. The van der Waals surface area contributed by atoms with Crippen LogP contribution in [-0.4, -0.2) is 57.5 Å². The summed E-state index contributed by atoms with van der Waals surface area (Å²) in [6.45, 7) is 5.99. The summed E-state index contributed by atoms with van der Waals surface area (Å²) in [7, 11) is 2.04. The molecule has 2 aromatic heterocycles. The van der Waals surface area contributed by atoms with E-state index in [1.807, 2.05) is 31.9 Å². The average Bonchev–Trinajstić information content (AvgIpc) is 3.19. The van der Waals surface area contributed by atoms with Gasteiger partial charge in [-0.3, -0.25) is 9.69 Å². The lowest BCUT2D eigenvalue weighted by Crippen LogP contribution is -2.49. The molecule has 0 spiro atoms. The number of aryl methyl sites for hydroxylation is 2. The van der Waals surface area contributed by atoms with Crippen LogP contribution in [0.5, 0.6) is 0 Å². The van der Waals surface area contributed by atoms with Crippen molar-refractivity contribution in [2.45, 2.75) is 38.6 Å². The lowest BCUT2D eigenvalue weighted by Gasteiger charge is -2.37. The van der Waals surface area contributed by atoms with E-state index >= 15 is 0 Å². The fraction of sp³-hybridized carbons (Fsp3) is 0.588. The molecule has 2 aromatic rings. The molecule has 2 aliphatic rings. The summed E-state index contributed by atoms with van der Waals surface area (Å²) in [4.78, 5) is 24.7. The van der Waals surface area contributed by atoms with E-state index < -0.39 is 0 Å². The van der Waals surface area contributed by atoms with Crippen molar-refractivity contribution >= 4 is 5.91 Å². The summed E-state index contributed by atoms with van der Waals surface area (Å²) in [5.74, 6) is 1.95. The van der Waals surface area contributed by atoms with Gasteiger partial charge in [-0.15, -0.1) is 0 Å². The number of hydrogen-bond acceptors (Lipinski definition) is 5. The minimum Gasteiger partial charge on any atom is -0.354 e. The number of carbonyl (C=O) groups excluding carboxylic acids is 1. The predicted octanol–water partition coefficient (Wildman–Crippen LogP) is 2.02. The third-order valence-electron chi connectivity index (χ3n) is 4.98. The first kappa shape index (κ1) is 15.4. The highest BCUT2D eigenvalue weighted by Gasteiger charge is 2.35. The molecule has 1 saturated heterocycles. The Balaban J connectivity index is 1.53. The van der Waals surface area contributed by atoms with Crippen LogP contribution in [0.25, 0.3) is 0 Å². The number of carbonyl (C=O) groups is 1. The molecule has 1 amide bonds. The SMILES string of the molecule is Cc1cc(C)c(C(=O)N2CCN(C)[C@H](c3nc(C4CC4)no3)C2)[nH]1. The molecular formula is C17H23N5O2. The van der Waals surface area contributed by atoms with Crippen LogP contribution in [0, 0.1) is 13.8 Å². The van der Waals surface area contributed by atoms with Crippen LogP contribution in [0.4, 0.5) is 0 Å². The third-order valence-corrected chi connectivity index (χ3v) is 4.98. The van der Waals surface area contributed by atoms with E-state index in [1.165, 1.54) is 0 Å². The number of aromatic amines is 1. The Hall–Kier alpha value is -2.15. The molecule has 2 fully saturated rings. The maximum absolute atomic E-state index is 12.9.